The molecule has 1 heterocycles. The van der Waals surface area contributed by atoms with Crippen LogP contribution in [0.3, 0.4) is 0 Å². The van der Waals surface area contributed by atoms with Gasteiger partial charge in [-0.05, 0) is 37.0 Å². The van der Waals surface area contributed by atoms with Gasteiger partial charge in [0.2, 0.25) is 5.91 Å². The number of rotatable bonds is 0. The van der Waals surface area contributed by atoms with Gasteiger partial charge in [0.05, 0.1) is 0 Å². The third kappa shape index (κ3) is 1.92. The quantitative estimate of drug-likeness (QED) is 0.673. The number of amides is 1. The van der Waals surface area contributed by atoms with Crippen molar-refractivity contribution in [3.63, 3.8) is 0 Å². The molecule has 1 aromatic rings. The molecule has 0 saturated carbocycles. The summed E-state index contributed by atoms with van der Waals surface area (Å²) < 4.78 is 12.9. The molecule has 1 amide bonds. The third-order valence-corrected chi connectivity index (χ3v) is 2.45. The minimum atomic E-state index is -0.301. The van der Waals surface area contributed by atoms with Gasteiger partial charge in [-0.15, -0.1) is 0 Å². The van der Waals surface area contributed by atoms with Crippen molar-refractivity contribution >= 4 is 11.6 Å². The van der Waals surface area contributed by atoms with E-state index in [1.807, 2.05) is 0 Å². The number of hydrogen-bond donors (Lipinski definition) is 1. The number of hydrogen-bond acceptors (Lipinski definition) is 1. The Labute approximate surface area is 82.1 Å². The number of carbonyl (C=O) groups is 1. The van der Waals surface area contributed by atoms with Crippen molar-refractivity contribution in [3.8, 4) is 0 Å². The molecule has 0 atom stereocenters. The van der Waals surface area contributed by atoms with E-state index in [4.69, 9.17) is 0 Å². The van der Waals surface area contributed by atoms with E-state index in [0.29, 0.717) is 12.1 Å². The topological polar surface area (TPSA) is 29.1 Å². The van der Waals surface area contributed by atoms with E-state index in [1.54, 1.807) is 6.07 Å². The predicted octanol–water partition coefficient (Wildman–Crippen LogP) is 2.49. The van der Waals surface area contributed by atoms with Crippen molar-refractivity contribution in [1.82, 2.24) is 0 Å². The Morgan fingerprint density at radius 1 is 1.21 bits per heavy atom. The molecule has 0 fully saturated rings. The van der Waals surface area contributed by atoms with Gasteiger partial charge in [0.1, 0.15) is 5.82 Å². The predicted molar refractivity (Wildman–Crippen MR) is 52.6 cm³/mol. The van der Waals surface area contributed by atoms with Crippen molar-refractivity contribution in [2.75, 3.05) is 5.32 Å². The molecule has 0 unspecified atom stereocenters. The Bertz CT molecular complexity index is 362. The van der Waals surface area contributed by atoms with Gasteiger partial charge < -0.3 is 5.32 Å². The molecule has 1 aliphatic heterocycles. The Hall–Kier alpha value is -1.38. The highest BCUT2D eigenvalue weighted by Gasteiger charge is 2.11. The van der Waals surface area contributed by atoms with E-state index >= 15 is 0 Å². The lowest BCUT2D eigenvalue weighted by molar-refractivity contribution is -0.116. The molecule has 1 N–H and O–H groups in total. The smallest absolute Gasteiger partial charge is 0.224 e. The van der Waals surface area contributed by atoms with Crippen LogP contribution < -0.4 is 5.32 Å². The van der Waals surface area contributed by atoms with Crippen LogP contribution in [0.5, 0.6) is 0 Å². The van der Waals surface area contributed by atoms with E-state index in [2.05, 4.69) is 5.32 Å². The lowest BCUT2D eigenvalue weighted by atomic mass is 10.0. The minimum Gasteiger partial charge on any atom is -0.326 e. The Morgan fingerprint density at radius 2 is 2.00 bits per heavy atom. The van der Waals surface area contributed by atoms with Crippen molar-refractivity contribution in [3.05, 3.63) is 29.6 Å². The molecule has 0 saturated heterocycles. The standard InChI is InChI=1S/C11H12FNO/c12-9-6-5-8-3-1-2-4-11(14)13-10(8)7-9/h5-7H,1-4H2,(H,13,14). The Morgan fingerprint density at radius 3 is 2.86 bits per heavy atom. The van der Waals surface area contributed by atoms with Crippen molar-refractivity contribution in [2.24, 2.45) is 0 Å². The number of nitrogens with one attached hydrogen (secondary N) is 1. The van der Waals surface area contributed by atoms with Crippen LogP contribution in [0.4, 0.5) is 10.1 Å². The van der Waals surface area contributed by atoms with Crippen molar-refractivity contribution in [1.29, 1.82) is 0 Å². The highest BCUT2D eigenvalue weighted by atomic mass is 19.1. The molecule has 0 aliphatic carbocycles. The zero-order valence-electron chi connectivity index (χ0n) is 7.85. The molecule has 1 aromatic carbocycles. The number of aryl methyl sites for hydroxylation is 1. The monoisotopic (exact) mass is 193 g/mol. The van der Waals surface area contributed by atoms with Gasteiger partial charge in [0.25, 0.3) is 0 Å². The van der Waals surface area contributed by atoms with Crippen LogP contribution in [0.15, 0.2) is 18.2 Å². The summed E-state index contributed by atoms with van der Waals surface area (Å²) in [6.07, 6.45) is 3.35. The van der Waals surface area contributed by atoms with Gasteiger partial charge in [-0.25, -0.2) is 4.39 Å². The molecule has 2 rings (SSSR count). The fraction of sp³-hybridized carbons (Fsp3) is 0.364. The number of carbonyl (C=O) groups excluding carboxylic acids is 1. The molecule has 0 aromatic heterocycles. The molecule has 74 valence electrons. The first-order valence-corrected chi connectivity index (χ1v) is 4.84. The molecular weight excluding hydrogens is 181 g/mol. The summed E-state index contributed by atoms with van der Waals surface area (Å²) in [6, 6.07) is 4.57. The van der Waals surface area contributed by atoms with Crippen LogP contribution in [0.25, 0.3) is 0 Å². The number of anilines is 1. The van der Waals surface area contributed by atoms with Gasteiger partial charge in [0.15, 0.2) is 0 Å². The fourth-order valence-corrected chi connectivity index (χ4v) is 1.70. The number of fused-ring (bicyclic) bond motifs is 1. The molecule has 2 nitrogen and oxygen atoms in total. The molecule has 0 radical (unpaired) electrons. The van der Waals surface area contributed by atoms with E-state index in [1.165, 1.54) is 12.1 Å². The van der Waals surface area contributed by atoms with E-state index in [9.17, 15) is 9.18 Å². The molecule has 0 spiro atoms. The normalized spacial score (nSPS) is 16.5. The lowest BCUT2D eigenvalue weighted by Gasteiger charge is -2.14. The molecule has 3 heteroatoms. The summed E-state index contributed by atoms with van der Waals surface area (Å²) >= 11 is 0. The second kappa shape index (κ2) is 3.78. The van der Waals surface area contributed by atoms with Crippen LogP contribution in [-0.4, -0.2) is 5.91 Å². The third-order valence-electron chi connectivity index (χ3n) is 2.45. The zero-order chi connectivity index (χ0) is 9.97. The molecule has 0 bridgehead atoms. The lowest BCUT2D eigenvalue weighted by Crippen LogP contribution is -2.15. The summed E-state index contributed by atoms with van der Waals surface area (Å²) in [5.74, 6) is -0.318. The first-order chi connectivity index (χ1) is 6.75. The number of benzene rings is 1. The average Bonchev–Trinajstić information content (AvgIpc) is 2.12. The minimum absolute atomic E-state index is 0.0171. The first kappa shape index (κ1) is 9.19. The van der Waals surface area contributed by atoms with E-state index in [-0.39, 0.29) is 11.7 Å². The van der Waals surface area contributed by atoms with Crippen LogP contribution >= 0.6 is 0 Å². The summed E-state index contributed by atoms with van der Waals surface area (Å²) in [5, 5.41) is 2.72. The van der Waals surface area contributed by atoms with Crippen LogP contribution in [-0.2, 0) is 11.2 Å². The maximum absolute atomic E-state index is 12.9. The van der Waals surface area contributed by atoms with E-state index in [0.717, 1.165) is 24.8 Å². The van der Waals surface area contributed by atoms with Crippen molar-refractivity contribution in [2.45, 2.75) is 25.7 Å². The highest BCUT2D eigenvalue weighted by Crippen LogP contribution is 2.22. The summed E-state index contributed by atoms with van der Waals surface area (Å²) in [5.41, 5.74) is 1.66. The Balaban J connectivity index is 2.34. The van der Waals surface area contributed by atoms with Crippen molar-refractivity contribution < 1.29 is 9.18 Å². The van der Waals surface area contributed by atoms with Crippen LogP contribution in [0, 0.1) is 5.82 Å². The van der Waals surface area contributed by atoms with Gasteiger partial charge in [-0.2, -0.15) is 0 Å². The maximum atomic E-state index is 12.9. The average molecular weight is 193 g/mol. The Kier molecular flexibility index (Phi) is 2.48. The molecule has 14 heavy (non-hydrogen) atoms. The highest BCUT2D eigenvalue weighted by molar-refractivity contribution is 5.91. The van der Waals surface area contributed by atoms with Crippen LogP contribution in [0.1, 0.15) is 24.8 Å². The van der Waals surface area contributed by atoms with Crippen LogP contribution in [0.2, 0.25) is 0 Å². The van der Waals surface area contributed by atoms with Gasteiger partial charge >= 0.3 is 0 Å². The van der Waals surface area contributed by atoms with Gasteiger partial charge in [-0.3, -0.25) is 4.79 Å². The summed E-state index contributed by atoms with van der Waals surface area (Å²) in [6.45, 7) is 0. The SMILES string of the molecule is O=C1CCCCc2ccc(F)cc2N1. The number of halogens is 1. The second-order valence-electron chi connectivity index (χ2n) is 3.56. The fourth-order valence-electron chi connectivity index (χ4n) is 1.70. The summed E-state index contributed by atoms with van der Waals surface area (Å²) in [7, 11) is 0. The first-order valence-electron chi connectivity index (χ1n) is 4.84. The second-order valence-corrected chi connectivity index (χ2v) is 3.56. The largest absolute Gasteiger partial charge is 0.326 e. The molecular formula is C11H12FNO. The zero-order valence-corrected chi connectivity index (χ0v) is 7.85. The van der Waals surface area contributed by atoms with Gasteiger partial charge in [0, 0.05) is 12.1 Å². The molecule has 1 aliphatic rings. The maximum Gasteiger partial charge on any atom is 0.224 e. The summed E-state index contributed by atoms with van der Waals surface area (Å²) in [4.78, 5) is 11.3. The van der Waals surface area contributed by atoms with Gasteiger partial charge in [-0.1, -0.05) is 6.07 Å². The van der Waals surface area contributed by atoms with E-state index < -0.39 is 0 Å².